The molecule has 1 unspecified atom stereocenters. The van der Waals surface area contributed by atoms with E-state index in [9.17, 15) is 4.39 Å². The summed E-state index contributed by atoms with van der Waals surface area (Å²) in [4.78, 5) is 0. The van der Waals surface area contributed by atoms with Crippen molar-refractivity contribution in [2.45, 2.75) is 13.0 Å². The number of nitrogens with one attached hydrogen (secondary N) is 1. The molecule has 0 fully saturated rings. The maximum Gasteiger partial charge on any atom is 0.141 e. The van der Waals surface area contributed by atoms with Crippen LogP contribution in [0.5, 0.6) is 11.5 Å². The lowest BCUT2D eigenvalue weighted by atomic mass is 10.1. The highest BCUT2D eigenvalue weighted by molar-refractivity contribution is 5.57. The zero-order valence-electron chi connectivity index (χ0n) is 11.8. The fourth-order valence-electron chi connectivity index (χ4n) is 2.06. The number of rotatable bonds is 5. The van der Waals surface area contributed by atoms with Crippen LogP contribution in [-0.2, 0) is 0 Å². The van der Waals surface area contributed by atoms with Gasteiger partial charge in [0.15, 0.2) is 0 Å². The lowest BCUT2D eigenvalue weighted by molar-refractivity contribution is 0.410. The molecule has 106 valence electrons. The van der Waals surface area contributed by atoms with Gasteiger partial charge in [-0.2, -0.15) is 0 Å². The average Bonchev–Trinajstić information content (AvgIpc) is 2.47. The van der Waals surface area contributed by atoms with Crippen LogP contribution in [0.15, 0.2) is 42.5 Å². The van der Waals surface area contributed by atoms with E-state index >= 15 is 0 Å². The highest BCUT2D eigenvalue weighted by atomic mass is 19.1. The molecule has 1 N–H and O–H groups in total. The lowest BCUT2D eigenvalue weighted by Gasteiger charge is -2.18. The van der Waals surface area contributed by atoms with E-state index in [1.54, 1.807) is 19.2 Å². The van der Waals surface area contributed by atoms with Gasteiger partial charge in [0.1, 0.15) is 17.3 Å². The van der Waals surface area contributed by atoms with Crippen LogP contribution in [0.1, 0.15) is 18.5 Å². The van der Waals surface area contributed by atoms with E-state index in [0.717, 1.165) is 11.4 Å². The molecule has 20 heavy (non-hydrogen) atoms. The van der Waals surface area contributed by atoms with Gasteiger partial charge in [-0.1, -0.05) is 18.2 Å². The molecular weight excluding hydrogens is 257 g/mol. The number of anilines is 1. The van der Waals surface area contributed by atoms with Gasteiger partial charge in [-0.3, -0.25) is 0 Å². The first-order chi connectivity index (χ1) is 9.65. The fraction of sp³-hybridized carbons (Fsp3) is 0.250. The van der Waals surface area contributed by atoms with Crippen molar-refractivity contribution in [2.75, 3.05) is 19.5 Å². The molecule has 0 saturated carbocycles. The van der Waals surface area contributed by atoms with E-state index < -0.39 is 0 Å². The summed E-state index contributed by atoms with van der Waals surface area (Å²) in [5.41, 5.74) is 1.41. The van der Waals surface area contributed by atoms with Crippen molar-refractivity contribution >= 4 is 5.69 Å². The van der Waals surface area contributed by atoms with Crippen LogP contribution in [0, 0.1) is 5.82 Å². The van der Waals surface area contributed by atoms with Crippen molar-refractivity contribution in [3.8, 4) is 11.5 Å². The third-order valence-corrected chi connectivity index (χ3v) is 3.15. The van der Waals surface area contributed by atoms with E-state index in [0.29, 0.717) is 11.3 Å². The molecule has 0 aliphatic carbocycles. The van der Waals surface area contributed by atoms with E-state index in [2.05, 4.69) is 5.32 Å². The summed E-state index contributed by atoms with van der Waals surface area (Å²) in [6, 6.07) is 12.2. The standard InChI is InChI=1S/C16H18FNO2/c1-11(13-9-8-12(19-2)10-14(13)17)18-15-6-4-5-7-16(15)20-3/h4-11,18H,1-3H3. The number of para-hydroxylation sites is 2. The summed E-state index contributed by atoms with van der Waals surface area (Å²) in [7, 11) is 3.13. The number of benzene rings is 2. The average molecular weight is 275 g/mol. The van der Waals surface area contributed by atoms with Crippen molar-refractivity contribution in [1.82, 2.24) is 0 Å². The highest BCUT2D eigenvalue weighted by Gasteiger charge is 2.13. The molecule has 2 rings (SSSR count). The number of ether oxygens (including phenoxy) is 2. The quantitative estimate of drug-likeness (QED) is 0.894. The Hall–Kier alpha value is -2.23. The van der Waals surface area contributed by atoms with Crippen LogP contribution in [0.2, 0.25) is 0 Å². The molecule has 2 aromatic carbocycles. The zero-order valence-corrected chi connectivity index (χ0v) is 11.8. The molecule has 1 atom stereocenters. The monoisotopic (exact) mass is 275 g/mol. The van der Waals surface area contributed by atoms with Crippen molar-refractivity contribution in [3.63, 3.8) is 0 Å². The number of hydrogen-bond acceptors (Lipinski definition) is 3. The molecule has 0 aromatic heterocycles. The summed E-state index contributed by atoms with van der Waals surface area (Å²) in [6.45, 7) is 1.90. The van der Waals surface area contributed by atoms with Gasteiger partial charge in [0.05, 0.1) is 25.9 Å². The lowest BCUT2D eigenvalue weighted by Crippen LogP contribution is -2.09. The van der Waals surface area contributed by atoms with Crippen LogP contribution in [0.3, 0.4) is 0 Å². The number of halogens is 1. The molecule has 0 heterocycles. The first kappa shape index (κ1) is 14.2. The molecule has 0 spiro atoms. The van der Waals surface area contributed by atoms with E-state index in [1.807, 2.05) is 31.2 Å². The molecule has 0 amide bonds. The van der Waals surface area contributed by atoms with Gasteiger partial charge in [-0.15, -0.1) is 0 Å². The Morgan fingerprint density at radius 1 is 1.05 bits per heavy atom. The van der Waals surface area contributed by atoms with Gasteiger partial charge in [-0.25, -0.2) is 4.39 Å². The molecule has 0 aliphatic rings. The zero-order chi connectivity index (χ0) is 14.5. The fourth-order valence-corrected chi connectivity index (χ4v) is 2.06. The summed E-state index contributed by atoms with van der Waals surface area (Å²) in [5, 5.41) is 3.25. The van der Waals surface area contributed by atoms with Crippen LogP contribution >= 0.6 is 0 Å². The Labute approximate surface area is 118 Å². The van der Waals surface area contributed by atoms with Gasteiger partial charge in [0.2, 0.25) is 0 Å². The first-order valence-electron chi connectivity index (χ1n) is 6.38. The van der Waals surface area contributed by atoms with Crippen LogP contribution in [0.25, 0.3) is 0 Å². The molecule has 4 heteroatoms. The Bertz CT molecular complexity index is 586. The van der Waals surface area contributed by atoms with Crippen molar-refractivity contribution < 1.29 is 13.9 Å². The Morgan fingerprint density at radius 3 is 2.45 bits per heavy atom. The topological polar surface area (TPSA) is 30.5 Å². The SMILES string of the molecule is COc1ccc(C(C)Nc2ccccc2OC)c(F)c1. The minimum Gasteiger partial charge on any atom is -0.497 e. The van der Waals surface area contributed by atoms with Crippen molar-refractivity contribution in [2.24, 2.45) is 0 Å². The van der Waals surface area contributed by atoms with Crippen molar-refractivity contribution in [3.05, 3.63) is 53.8 Å². The third kappa shape index (κ3) is 3.02. The first-order valence-corrected chi connectivity index (χ1v) is 6.38. The largest absolute Gasteiger partial charge is 0.497 e. The second kappa shape index (κ2) is 6.28. The second-order valence-electron chi connectivity index (χ2n) is 4.45. The predicted molar refractivity (Wildman–Crippen MR) is 78.0 cm³/mol. The summed E-state index contributed by atoms with van der Waals surface area (Å²) in [6.07, 6.45) is 0. The van der Waals surface area contributed by atoms with Crippen LogP contribution in [0.4, 0.5) is 10.1 Å². The van der Waals surface area contributed by atoms with E-state index in [-0.39, 0.29) is 11.9 Å². The van der Waals surface area contributed by atoms with E-state index in [1.165, 1.54) is 13.2 Å². The molecule has 2 aromatic rings. The molecule has 0 bridgehead atoms. The van der Waals surface area contributed by atoms with Crippen LogP contribution < -0.4 is 14.8 Å². The number of hydrogen-bond donors (Lipinski definition) is 1. The third-order valence-electron chi connectivity index (χ3n) is 3.15. The van der Waals surface area contributed by atoms with Gasteiger partial charge in [0, 0.05) is 11.6 Å². The van der Waals surface area contributed by atoms with E-state index in [4.69, 9.17) is 9.47 Å². The van der Waals surface area contributed by atoms with Crippen LogP contribution in [-0.4, -0.2) is 14.2 Å². The normalized spacial score (nSPS) is 11.8. The number of methoxy groups -OCH3 is 2. The highest BCUT2D eigenvalue weighted by Crippen LogP contribution is 2.29. The summed E-state index contributed by atoms with van der Waals surface area (Å²) in [5.74, 6) is 0.947. The maximum absolute atomic E-state index is 14.0. The molecule has 0 radical (unpaired) electrons. The minimum absolute atomic E-state index is 0.183. The molecule has 0 saturated heterocycles. The molecule has 0 aliphatic heterocycles. The Balaban J connectivity index is 2.21. The summed E-state index contributed by atoms with van der Waals surface area (Å²) < 4.78 is 24.3. The minimum atomic E-state index is -0.292. The maximum atomic E-state index is 14.0. The molecular formula is C16H18FNO2. The van der Waals surface area contributed by atoms with Gasteiger partial charge in [0.25, 0.3) is 0 Å². The van der Waals surface area contributed by atoms with Gasteiger partial charge < -0.3 is 14.8 Å². The smallest absolute Gasteiger partial charge is 0.141 e. The predicted octanol–water partition coefficient (Wildman–Crippen LogP) is 4.02. The summed E-state index contributed by atoms with van der Waals surface area (Å²) >= 11 is 0. The van der Waals surface area contributed by atoms with Gasteiger partial charge >= 0.3 is 0 Å². The Kier molecular flexibility index (Phi) is 4.45. The van der Waals surface area contributed by atoms with Crippen molar-refractivity contribution in [1.29, 1.82) is 0 Å². The Morgan fingerprint density at radius 2 is 1.80 bits per heavy atom. The molecule has 3 nitrogen and oxygen atoms in total. The van der Waals surface area contributed by atoms with Gasteiger partial charge in [-0.05, 0) is 25.1 Å². The second-order valence-corrected chi connectivity index (χ2v) is 4.45.